The standard InChI is InChI=1S/C20H40O2.H3N/c1-6-10-14-19(5,15-11-7-2)20(18(21)22,16-12-8-3)17-13-9-4;/h6-17H2,1-5H3,(H,21,22);1H3. The summed E-state index contributed by atoms with van der Waals surface area (Å²) in [5, 5.41) is 12.3. The number of carboxylic acid groups (broad SMARTS) is 1. The number of hydrogen-bond donors (Lipinski definition) is 1. The van der Waals surface area contributed by atoms with Gasteiger partial charge in [0, 0.05) is 11.4 Å². The number of carboxylic acids is 1. The summed E-state index contributed by atoms with van der Waals surface area (Å²) >= 11 is 0. The highest BCUT2D eigenvalue weighted by Crippen LogP contribution is 2.53. The zero-order valence-corrected chi connectivity index (χ0v) is 16.8. The summed E-state index contributed by atoms with van der Waals surface area (Å²) in [6.45, 7) is 10.9. The number of hydrogen-bond acceptors (Lipinski definition) is 2. The first-order valence-electron chi connectivity index (χ1n) is 9.65. The maximum Gasteiger partial charge on any atom is 0.0481 e. The molecule has 0 aliphatic rings. The Labute approximate surface area is 145 Å². The molecule has 3 nitrogen and oxygen atoms in total. The van der Waals surface area contributed by atoms with Gasteiger partial charge in [-0.05, 0) is 31.1 Å². The van der Waals surface area contributed by atoms with E-state index in [2.05, 4.69) is 34.6 Å². The van der Waals surface area contributed by atoms with Gasteiger partial charge in [0.25, 0.3) is 0 Å². The maximum absolute atomic E-state index is 12.3. The first-order valence-corrected chi connectivity index (χ1v) is 9.65. The van der Waals surface area contributed by atoms with Crippen LogP contribution in [0.2, 0.25) is 0 Å². The van der Waals surface area contributed by atoms with Crippen molar-refractivity contribution >= 4 is 5.97 Å². The molecule has 0 unspecified atom stereocenters. The van der Waals surface area contributed by atoms with Crippen molar-refractivity contribution in [2.75, 3.05) is 0 Å². The largest absolute Gasteiger partial charge is 0.550 e. The topological polar surface area (TPSA) is 76.6 Å². The Kier molecular flexibility index (Phi) is 13.7. The van der Waals surface area contributed by atoms with Gasteiger partial charge < -0.3 is 16.1 Å². The molecule has 23 heavy (non-hydrogen) atoms. The normalized spacial score (nSPS) is 12.0. The van der Waals surface area contributed by atoms with Gasteiger partial charge in [-0.1, -0.05) is 86.0 Å². The lowest BCUT2D eigenvalue weighted by molar-refractivity contribution is -0.327. The summed E-state index contributed by atoms with van der Waals surface area (Å²) in [5.41, 5.74) is -0.758. The van der Waals surface area contributed by atoms with E-state index in [1.54, 1.807) is 0 Å². The number of quaternary nitrogens is 1. The lowest BCUT2D eigenvalue weighted by Crippen LogP contribution is -2.53. The molecule has 0 fully saturated rings. The average molecular weight is 330 g/mol. The fourth-order valence-corrected chi connectivity index (χ4v) is 3.87. The van der Waals surface area contributed by atoms with Crippen LogP contribution in [0.15, 0.2) is 0 Å². The third-order valence-electron chi connectivity index (χ3n) is 5.62. The van der Waals surface area contributed by atoms with Crippen molar-refractivity contribution in [3.05, 3.63) is 0 Å². The van der Waals surface area contributed by atoms with E-state index in [0.29, 0.717) is 0 Å². The molecule has 0 aromatic rings. The van der Waals surface area contributed by atoms with Crippen molar-refractivity contribution in [2.24, 2.45) is 10.8 Å². The number of rotatable bonds is 14. The Morgan fingerprint density at radius 2 is 1.04 bits per heavy atom. The minimum atomic E-state index is -0.788. The molecule has 0 aliphatic carbocycles. The molecule has 0 atom stereocenters. The number of carbonyl (C=O) groups excluding carboxylic acids is 1. The smallest absolute Gasteiger partial charge is 0.0481 e. The molecule has 0 amide bonds. The van der Waals surface area contributed by atoms with Crippen LogP contribution in [0.3, 0.4) is 0 Å². The Hall–Kier alpha value is -0.570. The SMILES string of the molecule is CCCCC(C)(CCCC)C(CCCC)(CCCC)C(=O)[O-].[NH4+]. The van der Waals surface area contributed by atoms with Gasteiger partial charge in [-0.25, -0.2) is 0 Å². The van der Waals surface area contributed by atoms with E-state index in [1.807, 2.05) is 0 Å². The van der Waals surface area contributed by atoms with Crippen LogP contribution < -0.4 is 11.3 Å². The number of aliphatic carboxylic acids is 1. The van der Waals surface area contributed by atoms with Crippen LogP contribution >= 0.6 is 0 Å². The quantitative estimate of drug-likeness (QED) is 0.433. The van der Waals surface area contributed by atoms with E-state index in [1.165, 1.54) is 0 Å². The first kappa shape index (κ1) is 24.7. The van der Waals surface area contributed by atoms with Gasteiger partial charge in [-0.2, -0.15) is 0 Å². The zero-order chi connectivity index (χ0) is 17.1. The molecule has 0 aliphatic heterocycles. The fourth-order valence-electron chi connectivity index (χ4n) is 3.87. The highest BCUT2D eigenvalue weighted by Gasteiger charge is 2.47. The molecule has 4 N–H and O–H groups in total. The molecule has 0 saturated heterocycles. The predicted octanol–water partition coefficient (Wildman–Crippen LogP) is 5.87. The van der Waals surface area contributed by atoms with Crippen molar-refractivity contribution in [1.82, 2.24) is 6.15 Å². The highest BCUT2D eigenvalue weighted by molar-refractivity contribution is 5.73. The Balaban J connectivity index is 0. The molecule has 0 heterocycles. The van der Waals surface area contributed by atoms with Gasteiger partial charge in [0.1, 0.15) is 0 Å². The third kappa shape index (κ3) is 6.82. The van der Waals surface area contributed by atoms with Gasteiger partial charge >= 0.3 is 0 Å². The van der Waals surface area contributed by atoms with Crippen LogP contribution in [0, 0.1) is 10.8 Å². The Morgan fingerprint density at radius 3 is 1.30 bits per heavy atom. The first-order chi connectivity index (χ1) is 10.4. The minimum absolute atomic E-state index is 0. The van der Waals surface area contributed by atoms with Gasteiger partial charge in [0.2, 0.25) is 0 Å². The molecule has 0 aromatic carbocycles. The van der Waals surface area contributed by atoms with Crippen LogP contribution in [-0.4, -0.2) is 5.97 Å². The van der Waals surface area contributed by atoms with Crippen molar-refractivity contribution in [1.29, 1.82) is 0 Å². The lowest BCUT2D eigenvalue weighted by Gasteiger charge is -2.51. The average Bonchev–Trinajstić information content (AvgIpc) is 2.51. The molecular formula is C20H43NO2. The summed E-state index contributed by atoms with van der Waals surface area (Å²) in [5.74, 6) is -0.788. The van der Waals surface area contributed by atoms with E-state index in [4.69, 9.17) is 0 Å². The number of carbonyl (C=O) groups is 1. The molecule has 3 heteroatoms. The highest BCUT2D eigenvalue weighted by atomic mass is 16.4. The summed E-state index contributed by atoms with van der Waals surface area (Å²) in [4.78, 5) is 12.3. The molecule has 140 valence electrons. The molecule has 0 radical (unpaired) electrons. The Bertz CT molecular complexity index is 286. The molecule has 0 rings (SSSR count). The summed E-state index contributed by atoms with van der Waals surface area (Å²) in [6.07, 6.45) is 12.2. The minimum Gasteiger partial charge on any atom is -0.550 e. The van der Waals surface area contributed by atoms with Gasteiger partial charge in [0.05, 0.1) is 0 Å². The van der Waals surface area contributed by atoms with Crippen LogP contribution in [0.25, 0.3) is 0 Å². The molecule has 0 aromatic heterocycles. The van der Waals surface area contributed by atoms with Gasteiger partial charge in [-0.3, -0.25) is 0 Å². The lowest BCUT2D eigenvalue weighted by atomic mass is 9.56. The van der Waals surface area contributed by atoms with Crippen LogP contribution in [0.5, 0.6) is 0 Å². The van der Waals surface area contributed by atoms with Crippen LogP contribution in [0.1, 0.15) is 112 Å². The predicted molar refractivity (Wildman–Crippen MR) is 99.6 cm³/mol. The molecule has 0 bridgehead atoms. The van der Waals surface area contributed by atoms with Gasteiger partial charge in [0.15, 0.2) is 0 Å². The maximum atomic E-state index is 12.3. The molecule has 0 saturated carbocycles. The second kappa shape index (κ2) is 12.8. The molecule has 0 spiro atoms. The van der Waals surface area contributed by atoms with Crippen molar-refractivity contribution in [3.8, 4) is 0 Å². The van der Waals surface area contributed by atoms with E-state index < -0.39 is 11.4 Å². The molecular weight excluding hydrogens is 286 g/mol. The summed E-state index contributed by atoms with van der Waals surface area (Å²) in [6, 6.07) is 0. The monoisotopic (exact) mass is 329 g/mol. The van der Waals surface area contributed by atoms with Gasteiger partial charge in [-0.15, -0.1) is 0 Å². The van der Waals surface area contributed by atoms with Crippen LogP contribution in [0.4, 0.5) is 0 Å². The number of unbranched alkanes of at least 4 members (excludes halogenated alkanes) is 4. The Morgan fingerprint density at radius 1 is 0.739 bits per heavy atom. The van der Waals surface area contributed by atoms with Crippen molar-refractivity contribution in [2.45, 2.75) is 112 Å². The van der Waals surface area contributed by atoms with E-state index in [9.17, 15) is 9.90 Å². The fraction of sp³-hybridized carbons (Fsp3) is 0.950. The zero-order valence-electron chi connectivity index (χ0n) is 16.8. The third-order valence-corrected chi connectivity index (χ3v) is 5.62. The summed E-state index contributed by atoms with van der Waals surface area (Å²) in [7, 11) is 0. The second-order valence-electron chi connectivity index (χ2n) is 7.34. The summed E-state index contributed by atoms with van der Waals surface area (Å²) < 4.78 is 0. The van der Waals surface area contributed by atoms with E-state index in [-0.39, 0.29) is 11.6 Å². The van der Waals surface area contributed by atoms with E-state index in [0.717, 1.165) is 77.0 Å². The van der Waals surface area contributed by atoms with E-state index >= 15 is 0 Å². The second-order valence-corrected chi connectivity index (χ2v) is 7.34. The van der Waals surface area contributed by atoms with Crippen LogP contribution in [-0.2, 0) is 4.79 Å². The van der Waals surface area contributed by atoms with Crippen molar-refractivity contribution < 1.29 is 9.90 Å². The van der Waals surface area contributed by atoms with Crippen molar-refractivity contribution in [3.63, 3.8) is 0 Å².